The van der Waals surface area contributed by atoms with Crippen molar-refractivity contribution in [1.29, 1.82) is 0 Å². The monoisotopic (exact) mass is 571 g/mol. The Hall–Kier alpha value is -2.78. The summed E-state index contributed by atoms with van der Waals surface area (Å²) < 4.78 is 1.08. The maximum atomic E-state index is 13.5. The number of aromatic nitrogens is 2. The van der Waals surface area contributed by atoms with E-state index in [1.165, 1.54) is 6.07 Å². The predicted octanol–water partition coefficient (Wildman–Crippen LogP) is 5.39. The van der Waals surface area contributed by atoms with Crippen molar-refractivity contribution < 1.29 is 19.8 Å². The summed E-state index contributed by atoms with van der Waals surface area (Å²) in [4.78, 5) is 40.9. The minimum absolute atomic E-state index is 0.0213. The number of carboxylic acid groups (broad SMARTS) is 1. The number of hydrogen-bond acceptors (Lipinski definition) is 5. The smallest absolute Gasteiger partial charge is 0.322 e. The molecule has 8 nitrogen and oxygen atoms in total. The summed E-state index contributed by atoms with van der Waals surface area (Å²) in [5, 5.41) is 21.3. The highest BCUT2D eigenvalue weighted by Gasteiger charge is 2.27. The van der Waals surface area contributed by atoms with E-state index in [4.69, 9.17) is 51.5 Å². The first kappa shape index (κ1) is 27.8. The van der Waals surface area contributed by atoms with Gasteiger partial charge in [-0.3, -0.25) is 19.0 Å². The Morgan fingerprint density at radius 1 is 1.03 bits per heavy atom. The number of rotatable bonds is 6. The number of aromatic hydroxyl groups is 1. The number of hydrogen-bond donors (Lipinski definition) is 3. The molecular formula is C24H21Cl4N3O5. The van der Waals surface area contributed by atoms with Crippen molar-refractivity contribution in [2.75, 3.05) is 6.54 Å². The Morgan fingerprint density at radius 3 is 2.08 bits per heavy atom. The van der Waals surface area contributed by atoms with Crippen LogP contribution in [-0.4, -0.2) is 38.2 Å². The van der Waals surface area contributed by atoms with Gasteiger partial charge in [0, 0.05) is 0 Å². The maximum absolute atomic E-state index is 13.5. The van der Waals surface area contributed by atoms with Gasteiger partial charge in [0.25, 0.3) is 11.5 Å². The lowest BCUT2D eigenvalue weighted by Crippen LogP contribution is -2.37. The second-order valence-corrected chi connectivity index (χ2v) is 10.5. The Labute approximate surface area is 226 Å². The molecule has 0 radical (unpaired) electrons. The molecule has 1 aromatic heterocycles. The number of nitrogens with zero attached hydrogens (tertiary/aromatic N) is 2. The fourth-order valence-electron chi connectivity index (χ4n) is 3.39. The second kappa shape index (κ2) is 10.7. The molecule has 190 valence electrons. The summed E-state index contributed by atoms with van der Waals surface area (Å²) in [5.74, 6) is -3.58. The second-order valence-electron chi connectivity index (χ2n) is 8.89. The van der Waals surface area contributed by atoms with Gasteiger partial charge in [0.1, 0.15) is 12.4 Å². The topological polar surface area (TPSA) is 122 Å². The molecule has 0 spiro atoms. The minimum atomic E-state index is -1.33. The van der Waals surface area contributed by atoms with Gasteiger partial charge in [0.05, 0.1) is 32.2 Å². The van der Waals surface area contributed by atoms with Gasteiger partial charge < -0.3 is 15.5 Å². The van der Waals surface area contributed by atoms with Crippen LogP contribution < -0.4 is 10.9 Å². The molecule has 1 amide bonds. The number of benzene rings is 2. The fraction of sp³-hybridized carbons (Fsp3) is 0.250. The highest BCUT2D eigenvalue weighted by Crippen LogP contribution is 2.43. The van der Waals surface area contributed by atoms with Gasteiger partial charge in [-0.25, -0.2) is 0 Å². The zero-order valence-corrected chi connectivity index (χ0v) is 22.4. The van der Waals surface area contributed by atoms with Crippen molar-refractivity contribution in [3.63, 3.8) is 0 Å². The molecule has 3 aromatic rings. The molecule has 0 aliphatic carbocycles. The number of nitrogens with one attached hydrogen (secondary N) is 1. The molecule has 0 aliphatic heterocycles. The third-order valence-electron chi connectivity index (χ3n) is 5.27. The highest BCUT2D eigenvalue weighted by molar-refractivity contribution is 6.50. The highest BCUT2D eigenvalue weighted by atomic mass is 35.5. The van der Waals surface area contributed by atoms with Crippen LogP contribution in [0, 0.1) is 0 Å². The number of aliphatic carboxylic acids is 1. The number of halogens is 4. The summed E-state index contributed by atoms with van der Waals surface area (Å²) in [6.07, 6.45) is 0. The molecule has 0 atom stereocenters. The van der Waals surface area contributed by atoms with Crippen LogP contribution in [0.3, 0.4) is 0 Å². The molecule has 3 N–H and O–H groups in total. The number of amides is 1. The molecular weight excluding hydrogens is 552 g/mol. The lowest BCUT2D eigenvalue weighted by atomic mass is 9.87. The lowest BCUT2D eigenvalue weighted by molar-refractivity contribution is -0.135. The van der Waals surface area contributed by atoms with Gasteiger partial charge in [-0.15, -0.1) is 0 Å². The van der Waals surface area contributed by atoms with Crippen molar-refractivity contribution in [3.8, 4) is 17.3 Å². The summed E-state index contributed by atoms with van der Waals surface area (Å²) in [6, 6.07) is 8.75. The molecule has 12 heteroatoms. The SMILES string of the molecule is CC(C)(C)c1ccc(Cn2c(-c3c(Cl)c(Cl)cc(Cl)c3Cl)nc(O)c(C(=O)NCC(=O)O)c2=O)cc1. The summed E-state index contributed by atoms with van der Waals surface area (Å²) in [5.41, 5.74) is -0.100. The van der Waals surface area contributed by atoms with Crippen LogP contribution in [-0.2, 0) is 16.8 Å². The molecule has 0 aliphatic rings. The molecule has 2 aromatic carbocycles. The fourth-order valence-corrected chi connectivity index (χ4v) is 4.36. The molecule has 0 fully saturated rings. The van der Waals surface area contributed by atoms with Gasteiger partial charge in [-0.2, -0.15) is 4.98 Å². The van der Waals surface area contributed by atoms with Gasteiger partial charge in [0.15, 0.2) is 5.56 Å². The van der Waals surface area contributed by atoms with Gasteiger partial charge in [0.2, 0.25) is 5.88 Å². The zero-order chi connectivity index (χ0) is 26.9. The standard InChI is InChI=1S/C24H21Cl4N3O5/c1-24(2,3)12-6-4-11(5-7-12)10-31-20(16-18(27)13(25)8-14(26)19(16)28)30-22(35)17(23(31)36)21(34)29-9-15(32)33/h4-8,35H,9-10H2,1-3H3,(H,29,34)(H,32,33). The van der Waals surface area contributed by atoms with Crippen LogP contribution in [0.4, 0.5) is 0 Å². The molecule has 1 heterocycles. The summed E-state index contributed by atoms with van der Waals surface area (Å²) in [7, 11) is 0. The molecule has 36 heavy (non-hydrogen) atoms. The van der Waals surface area contributed by atoms with Crippen molar-refractivity contribution >= 4 is 58.3 Å². The Kier molecular flexibility index (Phi) is 8.25. The molecule has 0 saturated heterocycles. The van der Waals surface area contributed by atoms with E-state index in [9.17, 15) is 19.5 Å². The largest absolute Gasteiger partial charge is 0.493 e. The van der Waals surface area contributed by atoms with E-state index in [0.29, 0.717) is 5.56 Å². The van der Waals surface area contributed by atoms with Crippen LogP contribution >= 0.6 is 46.4 Å². The Balaban J connectivity index is 2.26. The first-order chi connectivity index (χ1) is 16.7. The van der Waals surface area contributed by atoms with Crippen LogP contribution in [0.5, 0.6) is 5.88 Å². The summed E-state index contributed by atoms with van der Waals surface area (Å²) in [6.45, 7) is 5.31. The van der Waals surface area contributed by atoms with E-state index < -0.39 is 35.4 Å². The van der Waals surface area contributed by atoms with Crippen molar-refractivity contribution in [2.45, 2.75) is 32.7 Å². The molecule has 0 saturated carbocycles. The lowest BCUT2D eigenvalue weighted by Gasteiger charge is -2.20. The third kappa shape index (κ3) is 5.78. The van der Waals surface area contributed by atoms with E-state index >= 15 is 0 Å². The van der Waals surface area contributed by atoms with Crippen LogP contribution in [0.25, 0.3) is 11.4 Å². The molecule has 0 bridgehead atoms. The Morgan fingerprint density at radius 2 is 1.58 bits per heavy atom. The van der Waals surface area contributed by atoms with Gasteiger partial charge in [-0.1, -0.05) is 91.4 Å². The number of carbonyl (C=O) groups is 2. The van der Waals surface area contributed by atoms with E-state index in [1.54, 1.807) is 0 Å². The summed E-state index contributed by atoms with van der Waals surface area (Å²) >= 11 is 25.1. The van der Waals surface area contributed by atoms with E-state index in [0.717, 1.165) is 10.1 Å². The maximum Gasteiger partial charge on any atom is 0.322 e. The van der Waals surface area contributed by atoms with Crippen LogP contribution in [0.1, 0.15) is 42.3 Å². The van der Waals surface area contributed by atoms with Crippen molar-refractivity contribution in [3.05, 3.63) is 77.5 Å². The number of carboxylic acids is 1. The van der Waals surface area contributed by atoms with E-state index in [2.05, 4.69) is 25.8 Å². The molecule has 3 rings (SSSR count). The predicted molar refractivity (Wildman–Crippen MR) is 140 cm³/mol. The Bertz CT molecular complexity index is 1390. The first-order valence-corrected chi connectivity index (χ1v) is 12.0. The van der Waals surface area contributed by atoms with E-state index in [1.807, 2.05) is 29.6 Å². The van der Waals surface area contributed by atoms with Crippen molar-refractivity contribution in [2.24, 2.45) is 0 Å². The number of carbonyl (C=O) groups excluding carboxylic acids is 1. The average molecular weight is 573 g/mol. The van der Waals surface area contributed by atoms with Crippen LogP contribution in [0.15, 0.2) is 35.1 Å². The normalized spacial score (nSPS) is 11.4. The zero-order valence-electron chi connectivity index (χ0n) is 19.3. The molecule has 0 unspecified atom stereocenters. The van der Waals surface area contributed by atoms with E-state index in [-0.39, 0.29) is 43.4 Å². The van der Waals surface area contributed by atoms with Gasteiger partial charge in [-0.05, 0) is 22.6 Å². The van der Waals surface area contributed by atoms with Crippen LogP contribution in [0.2, 0.25) is 20.1 Å². The van der Waals surface area contributed by atoms with Crippen molar-refractivity contribution in [1.82, 2.24) is 14.9 Å². The first-order valence-electron chi connectivity index (χ1n) is 10.5. The minimum Gasteiger partial charge on any atom is -0.493 e. The van der Waals surface area contributed by atoms with Gasteiger partial charge >= 0.3 is 5.97 Å². The third-order valence-corrected chi connectivity index (χ3v) is 6.85. The average Bonchev–Trinajstić information content (AvgIpc) is 2.78. The quantitative estimate of drug-likeness (QED) is 0.340.